The van der Waals surface area contributed by atoms with Crippen molar-refractivity contribution in [3.05, 3.63) is 40.2 Å². The molecule has 1 aromatic heterocycles. The molecule has 2 aromatic rings. The number of aromatic amines is 1. The van der Waals surface area contributed by atoms with Gasteiger partial charge in [-0.3, -0.25) is 4.79 Å². The Kier molecular flexibility index (Phi) is 8.06. The van der Waals surface area contributed by atoms with Gasteiger partial charge >= 0.3 is 0 Å². The number of aromatic nitrogens is 1. The summed E-state index contributed by atoms with van der Waals surface area (Å²) in [6, 6.07) is 7.55. The molecule has 148 valence electrons. The lowest BCUT2D eigenvalue weighted by Crippen LogP contribution is -2.43. The largest absolute Gasteiger partial charge is 0.497 e. The van der Waals surface area contributed by atoms with Gasteiger partial charge in [0.2, 0.25) is 0 Å². The molecule has 6 nitrogen and oxygen atoms in total. The first kappa shape index (κ1) is 21.2. The Labute approximate surface area is 166 Å². The first-order valence-electron chi connectivity index (χ1n) is 9.32. The molecule has 1 heterocycles. The number of hydrogen-bond donors (Lipinski definition) is 2. The smallest absolute Gasteiger partial charge is 0.253 e. The summed E-state index contributed by atoms with van der Waals surface area (Å²) in [6.45, 7) is 5.07. The van der Waals surface area contributed by atoms with Gasteiger partial charge in [0.15, 0.2) is 5.11 Å². The van der Waals surface area contributed by atoms with Crippen molar-refractivity contribution < 1.29 is 4.74 Å². The summed E-state index contributed by atoms with van der Waals surface area (Å²) in [4.78, 5) is 19.7. The van der Waals surface area contributed by atoms with Crippen molar-refractivity contribution in [3.63, 3.8) is 0 Å². The Hall–Kier alpha value is -2.12. The topological polar surface area (TPSA) is 60.6 Å². The molecule has 2 N–H and O–H groups in total. The Morgan fingerprint density at radius 2 is 2.04 bits per heavy atom. The molecule has 0 atom stereocenters. The molecule has 0 aliphatic carbocycles. The van der Waals surface area contributed by atoms with Gasteiger partial charge in [-0.1, -0.05) is 13.3 Å². The number of pyridine rings is 1. The summed E-state index contributed by atoms with van der Waals surface area (Å²) in [6.07, 6.45) is 2.18. The van der Waals surface area contributed by atoms with Crippen molar-refractivity contribution in [1.29, 1.82) is 0 Å². The van der Waals surface area contributed by atoms with E-state index in [2.05, 4.69) is 27.0 Å². The van der Waals surface area contributed by atoms with Crippen LogP contribution >= 0.6 is 12.2 Å². The second kappa shape index (κ2) is 10.3. The fourth-order valence-corrected chi connectivity index (χ4v) is 2.99. The van der Waals surface area contributed by atoms with E-state index >= 15 is 0 Å². The van der Waals surface area contributed by atoms with Crippen LogP contribution in [0, 0.1) is 0 Å². The lowest BCUT2D eigenvalue weighted by Gasteiger charge is -2.27. The van der Waals surface area contributed by atoms with E-state index in [1.54, 1.807) is 7.11 Å². The van der Waals surface area contributed by atoms with Crippen molar-refractivity contribution in [1.82, 2.24) is 20.1 Å². The predicted octanol–water partition coefficient (Wildman–Crippen LogP) is 2.57. The molecule has 0 spiro atoms. The number of nitrogens with one attached hydrogen (secondary N) is 2. The zero-order chi connectivity index (χ0) is 19.8. The zero-order valence-corrected chi connectivity index (χ0v) is 17.5. The minimum absolute atomic E-state index is 0.0844. The van der Waals surface area contributed by atoms with Crippen LogP contribution in [0.25, 0.3) is 10.9 Å². The highest BCUT2D eigenvalue weighted by molar-refractivity contribution is 7.80. The highest BCUT2D eigenvalue weighted by atomic mass is 32.1. The van der Waals surface area contributed by atoms with Gasteiger partial charge in [-0.05, 0) is 57.0 Å². The molecule has 0 bridgehead atoms. The molecule has 2 rings (SSSR count). The van der Waals surface area contributed by atoms with E-state index in [0.29, 0.717) is 17.2 Å². The summed E-state index contributed by atoms with van der Waals surface area (Å²) in [5.41, 5.74) is 1.40. The fourth-order valence-electron chi connectivity index (χ4n) is 2.74. The molecule has 27 heavy (non-hydrogen) atoms. The minimum Gasteiger partial charge on any atom is -0.497 e. The molecule has 7 heteroatoms. The molecule has 0 unspecified atom stereocenters. The first-order valence-corrected chi connectivity index (χ1v) is 9.73. The van der Waals surface area contributed by atoms with Gasteiger partial charge in [0, 0.05) is 36.1 Å². The third-order valence-electron chi connectivity index (χ3n) is 4.40. The van der Waals surface area contributed by atoms with Crippen molar-refractivity contribution in [2.75, 3.05) is 40.8 Å². The molecular weight excluding hydrogens is 360 g/mol. The molecule has 0 aliphatic rings. The number of hydrogen-bond acceptors (Lipinski definition) is 4. The highest BCUT2D eigenvalue weighted by Gasteiger charge is 2.13. The summed E-state index contributed by atoms with van der Waals surface area (Å²) < 4.78 is 5.29. The highest BCUT2D eigenvalue weighted by Crippen LogP contribution is 2.19. The molecule has 0 amide bonds. The Bertz CT molecular complexity index is 819. The van der Waals surface area contributed by atoms with Crippen LogP contribution in [0.3, 0.4) is 0 Å². The van der Waals surface area contributed by atoms with E-state index < -0.39 is 0 Å². The van der Waals surface area contributed by atoms with Gasteiger partial charge in [0.1, 0.15) is 5.75 Å². The lowest BCUT2D eigenvalue weighted by atomic mass is 10.1. The standard InChI is InChI=1S/C20H30N4O2S/c1-5-6-9-21-20(27)24(11-10-23(2)3)14-16-12-15-13-17(26-4)7-8-18(15)22-19(16)25/h7-8,12-13H,5-6,9-11,14H2,1-4H3,(H,21,27)(H,22,25). The van der Waals surface area contributed by atoms with Crippen molar-refractivity contribution in [2.45, 2.75) is 26.3 Å². The number of methoxy groups -OCH3 is 1. The predicted molar refractivity (Wildman–Crippen MR) is 116 cm³/mol. The van der Waals surface area contributed by atoms with Crippen LogP contribution in [0.1, 0.15) is 25.3 Å². The second-order valence-corrected chi connectivity index (χ2v) is 7.27. The van der Waals surface area contributed by atoms with Crippen molar-refractivity contribution in [3.8, 4) is 5.75 Å². The van der Waals surface area contributed by atoms with Gasteiger partial charge in [-0.15, -0.1) is 0 Å². The zero-order valence-electron chi connectivity index (χ0n) is 16.7. The third-order valence-corrected chi connectivity index (χ3v) is 4.80. The van der Waals surface area contributed by atoms with Gasteiger partial charge in [0.25, 0.3) is 5.56 Å². The maximum atomic E-state index is 12.6. The van der Waals surface area contributed by atoms with E-state index in [0.717, 1.165) is 49.1 Å². The number of benzene rings is 1. The maximum Gasteiger partial charge on any atom is 0.253 e. The van der Waals surface area contributed by atoms with Crippen LogP contribution in [0.15, 0.2) is 29.1 Å². The van der Waals surface area contributed by atoms with E-state index in [1.807, 2.05) is 38.4 Å². The molecule has 1 aromatic carbocycles. The average molecular weight is 391 g/mol. The molecule has 0 radical (unpaired) electrons. The SMILES string of the molecule is CCCCNC(=S)N(CCN(C)C)Cc1cc2cc(OC)ccc2[nH]c1=O. The van der Waals surface area contributed by atoms with Crippen LogP contribution in [0.2, 0.25) is 0 Å². The van der Waals surface area contributed by atoms with Crippen LogP contribution in [0.5, 0.6) is 5.75 Å². The summed E-state index contributed by atoms with van der Waals surface area (Å²) in [5, 5.41) is 4.95. The third kappa shape index (κ3) is 6.22. The van der Waals surface area contributed by atoms with Crippen LogP contribution < -0.4 is 15.6 Å². The average Bonchev–Trinajstić information content (AvgIpc) is 2.64. The number of H-pyrrole nitrogens is 1. The summed E-state index contributed by atoms with van der Waals surface area (Å²) >= 11 is 5.58. The lowest BCUT2D eigenvalue weighted by molar-refractivity contribution is 0.322. The van der Waals surface area contributed by atoms with Crippen molar-refractivity contribution >= 4 is 28.2 Å². The minimum atomic E-state index is -0.0844. The van der Waals surface area contributed by atoms with E-state index in [1.165, 1.54) is 0 Å². The molecule has 0 saturated carbocycles. The van der Waals surface area contributed by atoms with E-state index in [-0.39, 0.29) is 5.56 Å². The number of fused-ring (bicyclic) bond motifs is 1. The maximum absolute atomic E-state index is 12.6. The Morgan fingerprint density at radius 3 is 2.70 bits per heavy atom. The second-order valence-electron chi connectivity index (χ2n) is 6.89. The Morgan fingerprint density at radius 1 is 1.26 bits per heavy atom. The van der Waals surface area contributed by atoms with Gasteiger partial charge < -0.3 is 24.8 Å². The van der Waals surface area contributed by atoms with Crippen LogP contribution in [0.4, 0.5) is 0 Å². The fraction of sp³-hybridized carbons (Fsp3) is 0.500. The number of thiocarbonyl (C=S) groups is 1. The first-order chi connectivity index (χ1) is 12.9. The molecular formula is C20H30N4O2S. The van der Waals surface area contributed by atoms with E-state index in [9.17, 15) is 4.79 Å². The number of ether oxygens (including phenoxy) is 1. The molecule has 0 fully saturated rings. The van der Waals surface area contributed by atoms with Gasteiger partial charge in [-0.25, -0.2) is 0 Å². The molecule has 0 aliphatic heterocycles. The normalized spacial score (nSPS) is 11.0. The van der Waals surface area contributed by atoms with Crippen LogP contribution in [-0.4, -0.2) is 60.7 Å². The summed E-state index contributed by atoms with van der Waals surface area (Å²) in [7, 11) is 5.69. The number of likely N-dealkylation sites (N-methyl/N-ethyl adjacent to an activating group) is 1. The quantitative estimate of drug-likeness (QED) is 0.507. The van der Waals surface area contributed by atoms with Crippen LogP contribution in [-0.2, 0) is 6.54 Å². The number of nitrogens with zero attached hydrogens (tertiary/aromatic N) is 2. The summed E-state index contributed by atoms with van der Waals surface area (Å²) in [5.74, 6) is 0.765. The Balaban J connectivity index is 2.24. The van der Waals surface area contributed by atoms with Crippen molar-refractivity contribution in [2.24, 2.45) is 0 Å². The van der Waals surface area contributed by atoms with Gasteiger partial charge in [0.05, 0.1) is 13.7 Å². The van der Waals surface area contributed by atoms with Gasteiger partial charge in [-0.2, -0.15) is 0 Å². The molecule has 0 saturated heterocycles. The number of rotatable bonds is 9. The number of unbranched alkanes of at least 4 members (excludes halogenated alkanes) is 1. The monoisotopic (exact) mass is 390 g/mol. The van der Waals surface area contributed by atoms with E-state index in [4.69, 9.17) is 17.0 Å².